The molecule has 0 saturated carbocycles. The van der Waals surface area contributed by atoms with E-state index in [1.165, 1.54) is 0 Å². The molecule has 0 bridgehead atoms. The first-order chi connectivity index (χ1) is 2.41. The minimum Gasteiger partial charge on any atom is -0.483 e. The van der Waals surface area contributed by atoms with Crippen molar-refractivity contribution in [1.82, 2.24) is 0 Å². The fraction of sp³-hybridized carbons (Fsp3) is 0. The zero-order valence-electron chi connectivity index (χ0n) is 2.34. The summed E-state index contributed by atoms with van der Waals surface area (Å²) in [6.45, 7) is -0.250. The smallest absolute Gasteiger partial charge is 0.290 e. The standard InChI is InChI=1S/CH2O2.HOP/c2-1-3;1-2/h1H,(H,2,3);2H. The summed E-state index contributed by atoms with van der Waals surface area (Å²) in [6.07, 6.45) is 0. The van der Waals surface area contributed by atoms with Crippen LogP contribution in [0.25, 0.3) is 0 Å². The lowest BCUT2D eigenvalue weighted by Crippen LogP contribution is -1.49. The summed E-state index contributed by atoms with van der Waals surface area (Å²) in [5.74, 6) is 0. The molecule has 0 rings (SSSR count). The Bertz CT molecular complexity index is 20.9. The fourth-order valence-corrected chi connectivity index (χ4v) is 0. The Morgan fingerprint density at radius 3 is 1.60 bits per heavy atom. The molecule has 0 aromatic carbocycles. The SMILES string of the molecule is O=CO.O=P. The monoisotopic (exact) mass is 94.0 g/mol. The minimum atomic E-state index is -0.250. The van der Waals surface area contributed by atoms with Gasteiger partial charge in [0.05, 0.1) is 0 Å². The maximum Gasteiger partial charge on any atom is 0.290 e. The molecule has 0 aliphatic rings. The molecule has 0 unspecified atom stereocenters. The predicted octanol–water partition coefficient (Wildman–Crippen LogP) is 0.175. The van der Waals surface area contributed by atoms with Crippen molar-refractivity contribution in [3.8, 4) is 0 Å². The van der Waals surface area contributed by atoms with Gasteiger partial charge in [-0.05, 0) is 0 Å². The van der Waals surface area contributed by atoms with E-state index in [9.17, 15) is 0 Å². The molecule has 1 N–H and O–H groups in total. The number of carbonyl (C=O) groups is 1. The van der Waals surface area contributed by atoms with Crippen LogP contribution in [0.4, 0.5) is 0 Å². The van der Waals surface area contributed by atoms with Gasteiger partial charge in [-0.1, -0.05) is 0 Å². The largest absolute Gasteiger partial charge is 0.483 e. The van der Waals surface area contributed by atoms with Crippen LogP contribution in [-0.4, -0.2) is 11.6 Å². The molecule has 0 amide bonds. The lowest BCUT2D eigenvalue weighted by Gasteiger charge is -1.34. The Labute approximate surface area is 31.2 Å². The van der Waals surface area contributed by atoms with Crippen molar-refractivity contribution >= 4 is 15.6 Å². The summed E-state index contributed by atoms with van der Waals surface area (Å²) in [5.41, 5.74) is 0. The van der Waals surface area contributed by atoms with Crippen molar-refractivity contribution in [3.05, 3.63) is 0 Å². The van der Waals surface area contributed by atoms with E-state index in [1.54, 1.807) is 9.12 Å². The van der Waals surface area contributed by atoms with Gasteiger partial charge in [-0.15, -0.1) is 0 Å². The maximum atomic E-state index is 8.36. The lowest BCUT2D eigenvalue weighted by atomic mass is 11.7. The van der Waals surface area contributed by atoms with Gasteiger partial charge in [0.25, 0.3) is 6.47 Å². The van der Waals surface area contributed by atoms with Gasteiger partial charge in [0.2, 0.25) is 0 Å². The van der Waals surface area contributed by atoms with Gasteiger partial charge in [-0.25, -0.2) is 0 Å². The first-order valence-corrected chi connectivity index (χ1v) is 1.11. The van der Waals surface area contributed by atoms with Crippen LogP contribution < -0.4 is 0 Å². The Morgan fingerprint density at radius 1 is 1.60 bits per heavy atom. The molecule has 0 fully saturated rings. The van der Waals surface area contributed by atoms with Gasteiger partial charge >= 0.3 is 0 Å². The molecule has 0 aromatic rings. The van der Waals surface area contributed by atoms with Gasteiger partial charge in [0.15, 0.2) is 0 Å². The highest BCUT2D eigenvalue weighted by molar-refractivity contribution is 7.00. The summed E-state index contributed by atoms with van der Waals surface area (Å²) in [5, 5.41) is 6.89. The molecule has 0 heterocycles. The van der Waals surface area contributed by atoms with Crippen LogP contribution in [0.1, 0.15) is 0 Å². The van der Waals surface area contributed by atoms with E-state index in [4.69, 9.17) is 14.5 Å². The van der Waals surface area contributed by atoms with Crippen molar-refractivity contribution in [3.63, 3.8) is 0 Å². The Balaban J connectivity index is 0. The van der Waals surface area contributed by atoms with Crippen LogP contribution in [0.15, 0.2) is 0 Å². The highest BCUT2D eigenvalue weighted by Gasteiger charge is 1.22. The zero-order valence-corrected chi connectivity index (χ0v) is 3.34. The number of rotatable bonds is 0. The third-order valence-corrected chi connectivity index (χ3v) is 0. The maximum absolute atomic E-state index is 8.36. The van der Waals surface area contributed by atoms with Gasteiger partial charge in [0.1, 0.15) is 9.12 Å². The lowest BCUT2D eigenvalue weighted by molar-refractivity contribution is -0.122. The minimum absolute atomic E-state index is 0.250. The van der Waals surface area contributed by atoms with Crippen LogP contribution >= 0.6 is 9.12 Å². The van der Waals surface area contributed by atoms with E-state index in [2.05, 4.69) is 0 Å². The van der Waals surface area contributed by atoms with Crippen LogP contribution in [0.5, 0.6) is 0 Å². The zero-order chi connectivity index (χ0) is 4.71. The van der Waals surface area contributed by atoms with Gasteiger partial charge in [-0.3, -0.25) is 9.36 Å². The van der Waals surface area contributed by atoms with Crippen LogP contribution in [-0.2, 0) is 9.36 Å². The molecule has 4 heteroatoms. The average molecular weight is 94.0 g/mol. The molecule has 0 aliphatic heterocycles. The second kappa shape index (κ2) is 72.6. The molecular weight excluding hydrogens is 91.0 g/mol. The quantitative estimate of drug-likeness (QED) is 0.344. The molecular formula is CH3O3P. The normalized spacial score (nSPS) is 3.20. The van der Waals surface area contributed by atoms with E-state index < -0.39 is 0 Å². The second-order valence-corrected chi connectivity index (χ2v) is 0.105. The molecule has 30 valence electrons. The van der Waals surface area contributed by atoms with Gasteiger partial charge in [-0.2, -0.15) is 0 Å². The summed E-state index contributed by atoms with van der Waals surface area (Å²) in [7, 11) is 1.72. The molecule has 0 aromatic heterocycles. The third kappa shape index (κ3) is 47.6. The second-order valence-electron chi connectivity index (χ2n) is 0.105. The molecule has 5 heavy (non-hydrogen) atoms. The molecule has 0 atom stereocenters. The number of carboxylic acid groups (broad SMARTS) is 1. The predicted molar refractivity (Wildman–Crippen MR) is 17.7 cm³/mol. The van der Waals surface area contributed by atoms with E-state index in [0.717, 1.165) is 0 Å². The first-order valence-electron chi connectivity index (χ1n) is 0.698. The molecule has 0 saturated heterocycles. The van der Waals surface area contributed by atoms with E-state index in [0.29, 0.717) is 0 Å². The summed E-state index contributed by atoms with van der Waals surface area (Å²) >= 11 is 0. The van der Waals surface area contributed by atoms with E-state index >= 15 is 0 Å². The van der Waals surface area contributed by atoms with Gasteiger partial charge < -0.3 is 5.11 Å². The summed E-state index contributed by atoms with van der Waals surface area (Å²) in [6, 6.07) is 0. The Kier molecular flexibility index (Phi) is 128. The van der Waals surface area contributed by atoms with Crippen molar-refractivity contribution in [2.24, 2.45) is 0 Å². The fourth-order valence-electron chi connectivity index (χ4n) is 0. The molecule has 3 nitrogen and oxygen atoms in total. The summed E-state index contributed by atoms with van der Waals surface area (Å²) in [4.78, 5) is 8.36. The Morgan fingerprint density at radius 2 is 1.60 bits per heavy atom. The third-order valence-electron chi connectivity index (χ3n) is 0. The summed E-state index contributed by atoms with van der Waals surface area (Å²) < 4.78 is 8.06. The van der Waals surface area contributed by atoms with Crippen LogP contribution in [0.2, 0.25) is 0 Å². The van der Waals surface area contributed by atoms with E-state index in [-0.39, 0.29) is 6.47 Å². The van der Waals surface area contributed by atoms with Crippen molar-refractivity contribution in [2.75, 3.05) is 0 Å². The molecule has 0 aliphatic carbocycles. The van der Waals surface area contributed by atoms with E-state index in [1.807, 2.05) is 0 Å². The number of hydrogen-bond acceptors (Lipinski definition) is 2. The topological polar surface area (TPSA) is 54.4 Å². The highest BCUT2D eigenvalue weighted by atomic mass is 31.0. The van der Waals surface area contributed by atoms with Crippen molar-refractivity contribution in [2.45, 2.75) is 0 Å². The van der Waals surface area contributed by atoms with Crippen molar-refractivity contribution in [1.29, 1.82) is 0 Å². The first kappa shape index (κ1) is 8.82. The highest BCUT2D eigenvalue weighted by Crippen LogP contribution is 1.23. The van der Waals surface area contributed by atoms with Crippen molar-refractivity contribution < 1.29 is 14.5 Å². The number of hydrogen-bond donors (Lipinski definition) is 1. The molecule has 0 spiro atoms. The Hall–Kier alpha value is -0.430. The van der Waals surface area contributed by atoms with Crippen LogP contribution in [0, 0.1) is 0 Å². The average Bonchev–Trinajstić information content (AvgIpc) is 1.46. The van der Waals surface area contributed by atoms with Crippen LogP contribution in [0.3, 0.4) is 0 Å². The molecule has 0 radical (unpaired) electrons. The van der Waals surface area contributed by atoms with Gasteiger partial charge in [0, 0.05) is 0 Å².